The van der Waals surface area contributed by atoms with Crippen molar-refractivity contribution in [2.45, 2.75) is 36.1 Å². The number of carbonyl (C=O) groups is 1. The summed E-state index contributed by atoms with van der Waals surface area (Å²) >= 11 is 13.7. The van der Waals surface area contributed by atoms with E-state index < -0.39 is 15.3 Å². The third kappa shape index (κ3) is 2.70. The van der Waals surface area contributed by atoms with Crippen molar-refractivity contribution >= 4 is 40.9 Å². The molecule has 17 heavy (non-hydrogen) atoms. The maximum Gasteiger partial charge on any atom is 0.229 e. The zero-order valence-electron chi connectivity index (χ0n) is 9.76. The number of hydrogen-bond donors (Lipinski definition) is 2. The van der Waals surface area contributed by atoms with Crippen molar-refractivity contribution in [2.24, 2.45) is 5.41 Å². The molecule has 1 aliphatic heterocycles. The van der Waals surface area contributed by atoms with Crippen LogP contribution in [0.5, 0.6) is 0 Å². The van der Waals surface area contributed by atoms with Crippen molar-refractivity contribution in [1.29, 1.82) is 0 Å². The molecule has 1 saturated carbocycles. The molecular weight excluding hydrogens is 281 g/mol. The highest BCUT2D eigenvalue weighted by atomic mass is 35.5. The number of hydrogen-bond acceptors (Lipinski definition) is 3. The number of aliphatic hydroxyl groups is 1. The van der Waals surface area contributed by atoms with Crippen LogP contribution in [0.2, 0.25) is 0 Å². The maximum atomic E-state index is 11.9. The van der Waals surface area contributed by atoms with Crippen LogP contribution in [-0.4, -0.2) is 39.0 Å². The highest BCUT2D eigenvalue weighted by Gasteiger charge is 2.67. The monoisotopic (exact) mass is 297 g/mol. The molecule has 1 heterocycles. The summed E-state index contributed by atoms with van der Waals surface area (Å²) in [4.78, 5) is 11.9. The number of amides is 1. The second kappa shape index (κ2) is 4.48. The van der Waals surface area contributed by atoms with E-state index in [2.05, 4.69) is 5.32 Å². The van der Waals surface area contributed by atoms with Gasteiger partial charge in [0.2, 0.25) is 5.91 Å². The number of halogens is 2. The lowest BCUT2D eigenvalue weighted by Crippen LogP contribution is -2.47. The first-order valence-electron chi connectivity index (χ1n) is 5.75. The summed E-state index contributed by atoms with van der Waals surface area (Å²) in [5, 5.41) is 13.0. The molecule has 0 aromatic rings. The van der Waals surface area contributed by atoms with Crippen molar-refractivity contribution < 1.29 is 9.90 Å². The highest BCUT2D eigenvalue weighted by Crippen LogP contribution is 2.63. The van der Waals surface area contributed by atoms with E-state index in [-0.39, 0.29) is 5.91 Å². The van der Waals surface area contributed by atoms with E-state index in [1.165, 1.54) is 0 Å². The zero-order valence-corrected chi connectivity index (χ0v) is 12.1. The van der Waals surface area contributed by atoms with Crippen LogP contribution in [0.25, 0.3) is 0 Å². The Balaban J connectivity index is 1.84. The molecule has 3 nitrogen and oxygen atoms in total. The van der Waals surface area contributed by atoms with Crippen LogP contribution >= 0.6 is 35.0 Å². The lowest BCUT2D eigenvalue weighted by molar-refractivity contribution is -0.127. The molecule has 0 aromatic heterocycles. The number of thioether (sulfide) groups is 1. The number of nitrogens with one attached hydrogen (secondary N) is 1. The van der Waals surface area contributed by atoms with Crippen LogP contribution in [0.15, 0.2) is 0 Å². The Bertz CT molecular complexity index is 331. The summed E-state index contributed by atoms with van der Waals surface area (Å²) in [5.41, 5.74) is -1.46. The predicted molar refractivity (Wildman–Crippen MR) is 71.7 cm³/mol. The minimum Gasteiger partial charge on any atom is -0.388 e. The minimum atomic E-state index is -0.942. The van der Waals surface area contributed by atoms with E-state index >= 15 is 0 Å². The van der Waals surface area contributed by atoms with Gasteiger partial charge in [-0.05, 0) is 37.7 Å². The van der Waals surface area contributed by atoms with E-state index in [4.69, 9.17) is 23.2 Å². The average Bonchev–Trinajstić information content (AvgIpc) is 2.77. The Kier molecular flexibility index (Phi) is 3.63. The number of carbonyl (C=O) groups excluding carboxylic acids is 1. The lowest BCUT2D eigenvalue weighted by atomic mass is 9.96. The fourth-order valence-electron chi connectivity index (χ4n) is 2.01. The van der Waals surface area contributed by atoms with Gasteiger partial charge >= 0.3 is 0 Å². The Morgan fingerprint density at radius 2 is 1.94 bits per heavy atom. The van der Waals surface area contributed by atoms with E-state index in [1.54, 1.807) is 6.92 Å². The molecule has 2 fully saturated rings. The molecular formula is C11H17Cl2NO2S. The van der Waals surface area contributed by atoms with Gasteiger partial charge in [-0.2, -0.15) is 11.8 Å². The zero-order chi connectivity index (χ0) is 12.7. The Morgan fingerprint density at radius 1 is 1.41 bits per heavy atom. The SMILES string of the molecule is CC1(C(=O)NCC2(O)CCSCC2)CC1(Cl)Cl. The van der Waals surface area contributed by atoms with Crippen LogP contribution in [0, 0.1) is 5.41 Å². The van der Waals surface area contributed by atoms with Gasteiger partial charge in [0.1, 0.15) is 4.33 Å². The second-order valence-corrected chi connectivity index (χ2v) is 7.94. The van der Waals surface area contributed by atoms with Crippen molar-refractivity contribution in [3.63, 3.8) is 0 Å². The first-order chi connectivity index (χ1) is 7.79. The van der Waals surface area contributed by atoms with Gasteiger partial charge in [0.15, 0.2) is 0 Å². The van der Waals surface area contributed by atoms with Crippen LogP contribution in [-0.2, 0) is 4.79 Å². The minimum absolute atomic E-state index is 0.158. The summed E-state index contributed by atoms with van der Waals surface area (Å²) in [7, 11) is 0. The van der Waals surface area contributed by atoms with Gasteiger partial charge in [0.25, 0.3) is 0 Å². The van der Waals surface area contributed by atoms with Gasteiger partial charge in [-0.1, -0.05) is 0 Å². The molecule has 0 aromatic carbocycles. The summed E-state index contributed by atoms with van der Waals surface area (Å²) in [6.07, 6.45) is 1.92. The molecule has 98 valence electrons. The number of alkyl halides is 2. The van der Waals surface area contributed by atoms with Crippen LogP contribution in [0.4, 0.5) is 0 Å². The smallest absolute Gasteiger partial charge is 0.229 e. The molecule has 6 heteroatoms. The molecule has 0 radical (unpaired) electrons. The topological polar surface area (TPSA) is 49.3 Å². The van der Waals surface area contributed by atoms with Gasteiger partial charge in [-0.25, -0.2) is 0 Å². The van der Waals surface area contributed by atoms with Gasteiger partial charge in [-0.15, -0.1) is 23.2 Å². The summed E-state index contributed by atoms with van der Waals surface area (Å²) in [6, 6.07) is 0. The molecule has 1 saturated heterocycles. The van der Waals surface area contributed by atoms with Gasteiger partial charge < -0.3 is 10.4 Å². The second-order valence-electron chi connectivity index (χ2n) is 5.23. The third-order valence-electron chi connectivity index (χ3n) is 3.76. The van der Waals surface area contributed by atoms with Gasteiger partial charge in [0, 0.05) is 6.54 Å². The molecule has 1 unspecified atom stereocenters. The van der Waals surface area contributed by atoms with E-state index in [9.17, 15) is 9.90 Å². The fraction of sp³-hybridized carbons (Fsp3) is 0.909. The molecule has 0 spiro atoms. The summed E-state index contributed by atoms with van der Waals surface area (Å²) in [6.45, 7) is 2.05. The quantitative estimate of drug-likeness (QED) is 0.783. The normalized spacial score (nSPS) is 34.1. The first kappa shape index (κ1) is 13.8. The van der Waals surface area contributed by atoms with Gasteiger partial charge in [-0.3, -0.25) is 4.79 Å². The van der Waals surface area contributed by atoms with Crippen LogP contribution < -0.4 is 5.32 Å². The predicted octanol–water partition coefficient (Wildman–Crippen LogP) is 1.94. The summed E-state index contributed by atoms with van der Waals surface area (Å²) in [5.74, 6) is 1.73. The van der Waals surface area contributed by atoms with Crippen molar-refractivity contribution in [1.82, 2.24) is 5.32 Å². The molecule has 1 amide bonds. The first-order valence-corrected chi connectivity index (χ1v) is 7.66. The van der Waals surface area contributed by atoms with Crippen LogP contribution in [0.1, 0.15) is 26.2 Å². The molecule has 1 aliphatic carbocycles. The lowest BCUT2D eigenvalue weighted by Gasteiger charge is -2.32. The van der Waals surface area contributed by atoms with E-state index in [1.807, 2.05) is 11.8 Å². The standard InChI is InChI=1S/C11H17Cl2NO2S/c1-9(6-11(9,12)13)8(15)14-7-10(16)2-4-17-5-3-10/h16H,2-7H2,1H3,(H,14,15). The molecule has 2 N–H and O–H groups in total. The number of rotatable bonds is 3. The average molecular weight is 298 g/mol. The maximum absolute atomic E-state index is 11.9. The van der Waals surface area contributed by atoms with E-state index in [0.29, 0.717) is 13.0 Å². The van der Waals surface area contributed by atoms with Crippen molar-refractivity contribution in [3.05, 3.63) is 0 Å². The molecule has 2 rings (SSSR count). The Hall–Kier alpha value is 0.360. The fourth-order valence-corrected chi connectivity index (χ4v) is 3.97. The molecule has 0 bridgehead atoms. The molecule has 1 atom stereocenters. The molecule has 2 aliphatic rings. The largest absolute Gasteiger partial charge is 0.388 e. The van der Waals surface area contributed by atoms with Crippen LogP contribution in [0.3, 0.4) is 0 Å². The van der Waals surface area contributed by atoms with Crippen molar-refractivity contribution in [3.8, 4) is 0 Å². The van der Waals surface area contributed by atoms with Crippen molar-refractivity contribution in [2.75, 3.05) is 18.1 Å². The van der Waals surface area contributed by atoms with Gasteiger partial charge in [0.05, 0.1) is 11.0 Å². The third-order valence-corrected chi connectivity index (χ3v) is 5.85. The highest BCUT2D eigenvalue weighted by molar-refractivity contribution is 7.99. The Morgan fingerprint density at radius 3 is 2.41 bits per heavy atom. The Labute approximate surface area is 116 Å². The van der Waals surface area contributed by atoms with E-state index in [0.717, 1.165) is 24.3 Å². The summed E-state index contributed by atoms with van der Waals surface area (Å²) < 4.78 is -0.942.